The van der Waals surface area contributed by atoms with Crippen molar-refractivity contribution in [2.24, 2.45) is 0 Å². The van der Waals surface area contributed by atoms with Gasteiger partial charge in [0.15, 0.2) is 0 Å². The Labute approximate surface area is 161 Å². The molecule has 0 bridgehead atoms. The van der Waals surface area contributed by atoms with Crippen LogP contribution in [0, 0.1) is 0 Å². The van der Waals surface area contributed by atoms with Crippen molar-refractivity contribution >= 4 is 16.8 Å². The van der Waals surface area contributed by atoms with Crippen LogP contribution in [0.15, 0.2) is 84.2 Å². The maximum Gasteiger partial charge on any atom is 0.252 e. The Hall–Kier alpha value is -3.67. The zero-order valence-electron chi connectivity index (χ0n) is 15.2. The molecule has 0 radical (unpaired) electrons. The summed E-state index contributed by atoms with van der Waals surface area (Å²) in [6, 6.07) is 18.3. The number of rotatable bonds is 6. The van der Waals surface area contributed by atoms with E-state index < -0.39 is 0 Å². The van der Waals surface area contributed by atoms with E-state index in [1.54, 1.807) is 18.6 Å². The topological polar surface area (TPSA) is 79.8 Å². The van der Waals surface area contributed by atoms with Crippen molar-refractivity contribution in [2.75, 3.05) is 0 Å². The molecule has 140 valence electrons. The van der Waals surface area contributed by atoms with Gasteiger partial charge in [0.25, 0.3) is 5.91 Å². The number of imidazole rings is 1. The smallest absolute Gasteiger partial charge is 0.252 e. The van der Waals surface area contributed by atoms with Gasteiger partial charge in [-0.05, 0) is 18.1 Å². The second kappa shape index (κ2) is 7.92. The van der Waals surface area contributed by atoms with Gasteiger partial charge in [-0.2, -0.15) is 0 Å². The maximum atomic E-state index is 13.1. The lowest BCUT2D eigenvalue weighted by Crippen LogP contribution is -2.30. The summed E-state index contributed by atoms with van der Waals surface area (Å²) in [5.41, 5.74) is 1.75. The van der Waals surface area contributed by atoms with E-state index in [4.69, 9.17) is 0 Å². The van der Waals surface area contributed by atoms with Gasteiger partial charge in [0.2, 0.25) is 5.56 Å². The number of aryl methyl sites for hydroxylation is 1. The van der Waals surface area contributed by atoms with Gasteiger partial charge in [0.1, 0.15) is 0 Å². The van der Waals surface area contributed by atoms with Crippen molar-refractivity contribution in [3.05, 3.63) is 101 Å². The number of aromatic amines is 1. The summed E-state index contributed by atoms with van der Waals surface area (Å²) in [5.74, 6) is -0.262. The molecule has 2 aromatic carbocycles. The molecule has 4 rings (SSSR count). The van der Waals surface area contributed by atoms with E-state index in [-0.39, 0.29) is 17.5 Å². The summed E-state index contributed by atoms with van der Waals surface area (Å²) < 4.78 is 1.98. The Morgan fingerprint density at radius 2 is 1.89 bits per heavy atom. The molecule has 0 unspecified atom stereocenters. The zero-order valence-corrected chi connectivity index (χ0v) is 15.2. The van der Waals surface area contributed by atoms with Crippen molar-refractivity contribution in [1.29, 1.82) is 0 Å². The number of H-pyrrole nitrogens is 1. The number of benzene rings is 2. The van der Waals surface area contributed by atoms with Crippen LogP contribution >= 0.6 is 0 Å². The Morgan fingerprint density at radius 3 is 2.68 bits per heavy atom. The average molecular weight is 372 g/mol. The molecule has 0 spiro atoms. The van der Waals surface area contributed by atoms with Gasteiger partial charge in [0.05, 0.1) is 17.9 Å². The van der Waals surface area contributed by atoms with Crippen LogP contribution in [0.25, 0.3) is 10.9 Å². The highest BCUT2D eigenvalue weighted by atomic mass is 16.2. The Morgan fingerprint density at radius 1 is 1.11 bits per heavy atom. The van der Waals surface area contributed by atoms with E-state index in [0.717, 1.165) is 17.5 Å². The third kappa shape index (κ3) is 3.86. The van der Waals surface area contributed by atoms with Crippen LogP contribution < -0.4 is 10.9 Å². The number of nitrogens with one attached hydrogen (secondary N) is 2. The fraction of sp³-hybridized carbons (Fsp3) is 0.136. The number of carbonyl (C=O) groups is 1. The highest BCUT2D eigenvalue weighted by Crippen LogP contribution is 2.20. The van der Waals surface area contributed by atoms with Crippen molar-refractivity contribution < 1.29 is 4.79 Å². The quantitative estimate of drug-likeness (QED) is 0.545. The van der Waals surface area contributed by atoms with Crippen LogP contribution in [-0.4, -0.2) is 20.4 Å². The van der Waals surface area contributed by atoms with Crippen LogP contribution in [0.3, 0.4) is 0 Å². The predicted octanol–water partition coefficient (Wildman–Crippen LogP) is 3.29. The summed E-state index contributed by atoms with van der Waals surface area (Å²) >= 11 is 0. The summed E-state index contributed by atoms with van der Waals surface area (Å²) in [7, 11) is 0. The molecule has 1 amide bonds. The fourth-order valence-electron chi connectivity index (χ4n) is 3.33. The summed E-state index contributed by atoms with van der Waals surface area (Å²) in [5, 5.41) is 3.83. The van der Waals surface area contributed by atoms with Crippen LogP contribution in [0.4, 0.5) is 0 Å². The minimum absolute atomic E-state index is 0.186. The van der Waals surface area contributed by atoms with E-state index in [0.29, 0.717) is 17.5 Å². The molecule has 6 nitrogen and oxygen atoms in total. The molecule has 2 N–H and O–H groups in total. The molecule has 6 heteroatoms. The molecule has 0 saturated carbocycles. The first-order chi connectivity index (χ1) is 13.7. The standard InChI is InChI=1S/C22H20N4O2/c27-21-14-18(17-8-4-5-9-20(17)24-21)22(28)25-19(16-6-2-1-3-7-16)10-12-26-13-11-23-15-26/h1-9,11,13-15,19H,10,12H2,(H,24,27)(H,25,28)/t19-/m1/s1. The molecule has 2 aromatic heterocycles. The van der Waals surface area contributed by atoms with Crippen molar-refractivity contribution in [1.82, 2.24) is 19.9 Å². The van der Waals surface area contributed by atoms with Crippen molar-refractivity contribution in [2.45, 2.75) is 19.0 Å². The molecule has 1 atom stereocenters. The molecule has 28 heavy (non-hydrogen) atoms. The SMILES string of the molecule is O=C(N[C@H](CCn1ccnc1)c1ccccc1)c1cc(=O)[nH]c2ccccc12. The van der Waals surface area contributed by atoms with E-state index >= 15 is 0 Å². The summed E-state index contributed by atoms with van der Waals surface area (Å²) in [6.07, 6.45) is 6.09. The van der Waals surface area contributed by atoms with Crippen molar-refractivity contribution in [3.8, 4) is 0 Å². The summed E-state index contributed by atoms with van der Waals surface area (Å²) in [4.78, 5) is 31.9. The number of fused-ring (bicyclic) bond motifs is 1. The highest BCUT2D eigenvalue weighted by Gasteiger charge is 2.18. The number of pyridine rings is 1. The Balaban J connectivity index is 1.63. The molecule has 4 aromatic rings. The second-order valence-electron chi connectivity index (χ2n) is 6.62. The van der Waals surface area contributed by atoms with Gasteiger partial charge >= 0.3 is 0 Å². The van der Waals surface area contributed by atoms with Gasteiger partial charge in [-0.25, -0.2) is 4.98 Å². The molecule has 0 aliphatic carbocycles. The fourth-order valence-corrected chi connectivity index (χ4v) is 3.33. The molecule has 0 fully saturated rings. The zero-order chi connectivity index (χ0) is 19.3. The second-order valence-corrected chi connectivity index (χ2v) is 6.62. The van der Waals surface area contributed by atoms with Crippen LogP contribution in [0.2, 0.25) is 0 Å². The lowest BCUT2D eigenvalue weighted by atomic mass is 10.0. The largest absolute Gasteiger partial charge is 0.345 e. The van der Waals surface area contributed by atoms with E-state index in [2.05, 4.69) is 15.3 Å². The van der Waals surface area contributed by atoms with Crippen LogP contribution in [-0.2, 0) is 6.54 Å². The third-order valence-corrected chi connectivity index (χ3v) is 4.74. The number of carbonyl (C=O) groups excluding carboxylic acids is 1. The van der Waals surface area contributed by atoms with E-state index in [9.17, 15) is 9.59 Å². The van der Waals surface area contributed by atoms with E-state index in [1.165, 1.54) is 6.07 Å². The number of amides is 1. The number of hydrogen-bond donors (Lipinski definition) is 2. The van der Waals surface area contributed by atoms with Crippen molar-refractivity contribution in [3.63, 3.8) is 0 Å². The molecule has 2 heterocycles. The first-order valence-corrected chi connectivity index (χ1v) is 9.14. The monoisotopic (exact) mass is 372 g/mol. The number of aromatic nitrogens is 3. The van der Waals surface area contributed by atoms with Crippen LogP contribution in [0.5, 0.6) is 0 Å². The minimum Gasteiger partial charge on any atom is -0.345 e. The van der Waals surface area contributed by atoms with Gasteiger partial charge < -0.3 is 14.9 Å². The number of nitrogens with zero attached hydrogens (tertiary/aromatic N) is 2. The number of para-hydroxylation sites is 1. The molecular formula is C22H20N4O2. The van der Waals surface area contributed by atoms with Gasteiger partial charge in [-0.3, -0.25) is 9.59 Å². The Kier molecular flexibility index (Phi) is 5.01. The molecular weight excluding hydrogens is 352 g/mol. The predicted molar refractivity (Wildman–Crippen MR) is 108 cm³/mol. The molecule has 0 aliphatic rings. The summed E-state index contributed by atoms with van der Waals surface area (Å²) in [6.45, 7) is 0.718. The lowest BCUT2D eigenvalue weighted by molar-refractivity contribution is 0.0935. The first kappa shape index (κ1) is 17.7. The van der Waals surface area contributed by atoms with Gasteiger partial charge in [-0.15, -0.1) is 0 Å². The normalized spacial score (nSPS) is 12.0. The first-order valence-electron chi connectivity index (χ1n) is 9.14. The Bertz CT molecular complexity index is 1130. The van der Waals surface area contributed by atoms with Gasteiger partial charge in [-0.1, -0.05) is 48.5 Å². The molecule has 0 aliphatic heterocycles. The number of hydrogen-bond acceptors (Lipinski definition) is 3. The van der Waals surface area contributed by atoms with E-state index in [1.807, 2.05) is 59.3 Å². The van der Waals surface area contributed by atoms with Crippen LogP contribution in [0.1, 0.15) is 28.4 Å². The molecule has 0 saturated heterocycles. The van der Waals surface area contributed by atoms with Gasteiger partial charge in [0, 0.05) is 35.9 Å². The highest BCUT2D eigenvalue weighted by molar-refractivity contribution is 6.06. The minimum atomic E-state index is -0.293. The maximum absolute atomic E-state index is 13.1. The third-order valence-electron chi connectivity index (χ3n) is 4.74. The average Bonchev–Trinajstić information content (AvgIpc) is 3.24. The lowest BCUT2D eigenvalue weighted by Gasteiger charge is -2.20.